The first kappa shape index (κ1) is 19.4. The molecular weight excluding hydrogens is 352 g/mol. The van der Waals surface area contributed by atoms with Crippen molar-refractivity contribution in [1.82, 2.24) is 9.97 Å². The number of anilines is 4. The Labute approximate surface area is 165 Å². The fourth-order valence-electron chi connectivity index (χ4n) is 2.94. The highest BCUT2D eigenvalue weighted by molar-refractivity contribution is 5.90. The molecular formula is C22H24N4O2. The number of methoxy groups -OCH3 is 1. The van der Waals surface area contributed by atoms with E-state index in [1.54, 1.807) is 18.2 Å². The number of para-hydroxylation sites is 1. The summed E-state index contributed by atoms with van der Waals surface area (Å²) in [6.45, 7) is 6.16. The van der Waals surface area contributed by atoms with Crippen LogP contribution < -0.4 is 10.6 Å². The lowest BCUT2D eigenvalue weighted by Gasteiger charge is -2.15. The summed E-state index contributed by atoms with van der Waals surface area (Å²) < 4.78 is 4.77. The van der Waals surface area contributed by atoms with Gasteiger partial charge in [0.25, 0.3) is 0 Å². The van der Waals surface area contributed by atoms with E-state index in [-0.39, 0.29) is 5.97 Å². The van der Waals surface area contributed by atoms with Crippen molar-refractivity contribution in [2.24, 2.45) is 0 Å². The van der Waals surface area contributed by atoms with E-state index in [1.807, 2.05) is 37.3 Å². The number of ether oxygens (including phenoxy) is 1. The van der Waals surface area contributed by atoms with E-state index < -0.39 is 0 Å². The Morgan fingerprint density at radius 3 is 2.39 bits per heavy atom. The molecule has 0 unspecified atom stereocenters. The molecule has 0 radical (unpaired) electrons. The molecule has 6 heteroatoms. The van der Waals surface area contributed by atoms with Crippen LogP contribution in [-0.2, 0) is 4.74 Å². The lowest BCUT2D eigenvalue weighted by molar-refractivity contribution is 0.0601. The molecule has 0 amide bonds. The minimum Gasteiger partial charge on any atom is -0.465 e. The molecule has 3 aromatic rings. The molecule has 0 saturated heterocycles. The number of nitrogens with zero attached hydrogens (tertiary/aromatic N) is 2. The molecule has 28 heavy (non-hydrogen) atoms. The van der Waals surface area contributed by atoms with Gasteiger partial charge in [0, 0.05) is 17.4 Å². The zero-order valence-electron chi connectivity index (χ0n) is 16.5. The lowest BCUT2D eigenvalue weighted by Crippen LogP contribution is -2.04. The average Bonchev–Trinajstić information content (AvgIpc) is 2.67. The minimum atomic E-state index is -0.379. The van der Waals surface area contributed by atoms with Crippen LogP contribution in [0.4, 0.5) is 23.0 Å². The molecule has 2 aromatic carbocycles. The summed E-state index contributed by atoms with van der Waals surface area (Å²) in [5.41, 5.74) is 3.46. The van der Waals surface area contributed by atoms with Gasteiger partial charge in [-0.15, -0.1) is 0 Å². The van der Waals surface area contributed by atoms with Gasteiger partial charge in [-0.2, -0.15) is 0 Å². The first-order chi connectivity index (χ1) is 13.5. The van der Waals surface area contributed by atoms with Crippen LogP contribution in [0.2, 0.25) is 0 Å². The SMILES string of the molecule is COC(=O)c1cccc(Nc2cc(Nc3ccccc3C(C)C)nc(C)n2)c1. The van der Waals surface area contributed by atoms with Gasteiger partial charge in [-0.05, 0) is 42.7 Å². The lowest BCUT2D eigenvalue weighted by atomic mass is 10.0. The first-order valence-electron chi connectivity index (χ1n) is 9.13. The van der Waals surface area contributed by atoms with Gasteiger partial charge in [-0.1, -0.05) is 38.1 Å². The average molecular weight is 376 g/mol. The van der Waals surface area contributed by atoms with Crippen LogP contribution >= 0.6 is 0 Å². The molecule has 144 valence electrons. The van der Waals surface area contributed by atoms with Crippen molar-refractivity contribution in [2.75, 3.05) is 17.7 Å². The van der Waals surface area contributed by atoms with Crippen molar-refractivity contribution in [3.63, 3.8) is 0 Å². The Hall–Kier alpha value is -3.41. The van der Waals surface area contributed by atoms with Gasteiger partial charge in [-0.3, -0.25) is 0 Å². The number of hydrogen-bond donors (Lipinski definition) is 2. The van der Waals surface area contributed by atoms with Crippen LogP contribution in [0.5, 0.6) is 0 Å². The largest absolute Gasteiger partial charge is 0.465 e. The number of hydrogen-bond acceptors (Lipinski definition) is 6. The summed E-state index contributed by atoms with van der Waals surface area (Å²) in [5.74, 6) is 1.99. The number of aromatic nitrogens is 2. The number of benzene rings is 2. The Morgan fingerprint density at radius 1 is 0.964 bits per heavy atom. The van der Waals surface area contributed by atoms with Gasteiger partial charge < -0.3 is 15.4 Å². The normalized spacial score (nSPS) is 10.6. The Morgan fingerprint density at radius 2 is 1.68 bits per heavy atom. The number of aryl methyl sites for hydroxylation is 1. The smallest absolute Gasteiger partial charge is 0.337 e. The molecule has 0 bridgehead atoms. The van der Waals surface area contributed by atoms with Crippen molar-refractivity contribution in [1.29, 1.82) is 0 Å². The van der Waals surface area contributed by atoms with Crippen molar-refractivity contribution < 1.29 is 9.53 Å². The van der Waals surface area contributed by atoms with Crippen LogP contribution in [0.1, 0.15) is 41.5 Å². The van der Waals surface area contributed by atoms with Gasteiger partial charge in [0.05, 0.1) is 12.7 Å². The van der Waals surface area contributed by atoms with Gasteiger partial charge >= 0.3 is 5.97 Å². The second-order valence-corrected chi connectivity index (χ2v) is 6.75. The van der Waals surface area contributed by atoms with E-state index in [1.165, 1.54) is 12.7 Å². The monoisotopic (exact) mass is 376 g/mol. The van der Waals surface area contributed by atoms with Crippen molar-refractivity contribution in [2.45, 2.75) is 26.7 Å². The van der Waals surface area contributed by atoms with E-state index in [4.69, 9.17) is 4.74 Å². The van der Waals surface area contributed by atoms with Gasteiger partial charge in [0.15, 0.2) is 0 Å². The summed E-state index contributed by atoms with van der Waals surface area (Å²) in [6, 6.07) is 17.1. The molecule has 3 rings (SSSR count). The third kappa shape index (κ3) is 4.65. The maximum Gasteiger partial charge on any atom is 0.337 e. The quantitative estimate of drug-likeness (QED) is 0.577. The first-order valence-corrected chi connectivity index (χ1v) is 9.13. The standard InChI is InChI=1S/C22H24N4O2/c1-14(2)18-10-5-6-11-19(18)26-21-13-20(23-15(3)24-21)25-17-9-7-8-16(12-17)22(27)28-4/h5-14H,1-4H3,(H2,23,24,25,26). The number of esters is 1. The molecule has 1 heterocycles. The van der Waals surface area contributed by atoms with E-state index in [0.29, 0.717) is 28.9 Å². The Bertz CT molecular complexity index is 986. The van der Waals surface area contributed by atoms with Crippen molar-refractivity contribution >= 4 is 29.0 Å². The zero-order valence-corrected chi connectivity index (χ0v) is 16.5. The molecule has 0 aliphatic carbocycles. The summed E-state index contributed by atoms with van der Waals surface area (Å²) in [7, 11) is 1.36. The van der Waals surface area contributed by atoms with E-state index >= 15 is 0 Å². The molecule has 0 aliphatic rings. The minimum absolute atomic E-state index is 0.379. The predicted molar refractivity (Wildman–Crippen MR) is 112 cm³/mol. The third-order valence-electron chi connectivity index (χ3n) is 4.24. The highest BCUT2D eigenvalue weighted by Crippen LogP contribution is 2.27. The number of carbonyl (C=O) groups excluding carboxylic acids is 1. The molecule has 6 nitrogen and oxygen atoms in total. The Kier molecular flexibility index (Phi) is 5.89. The third-order valence-corrected chi connectivity index (χ3v) is 4.24. The van der Waals surface area contributed by atoms with E-state index in [9.17, 15) is 4.79 Å². The van der Waals surface area contributed by atoms with Crippen molar-refractivity contribution in [3.8, 4) is 0 Å². The molecule has 0 atom stereocenters. The zero-order chi connectivity index (χ0) is 20.1. The second kappa shape index (κ2) is 8.52. The fraction of sp³-hybridized carbons (Fsp3) is 0.227. The van der Waals surface area contributed by atoms with Gasteiger partial charge in [-0.25, -0.2) is 14.8 Å². The molecule has 0 saturated carbocycles. The Balaban J connectivity index is 1.86. The van der Waals surface area contributed by atoms with E-state index in [2.05, 4.69) is 40.5 Å². The molecule has 0 fully saturated rings. The molecule has 0 spiro atoms. The van der Waals surface area contributed by atoms with Crippen molar-refractivity contribution in [3.05, 3.63) is 71.5 Å². The van der Waals surface area contributed by atoms with E-state index in [0.717, 1.165) is 11.4 Å². The maximum atomic E-state index is 11.7. The molecule has 2 N–H and O–H groups in total. The topological polar surface area (TPSA) is 76.1 Å². The number of carbonyl (C=O) groups is 1. The van der Waals surface area contributed by atoms with Crippen LogP contribution in [0.3, 0.4) is 0 Å². The number of nitrogens with one attached hydrogen (secondary N) is 2. The highest BCUT2D eigenvalue weighted by Gasteiger charge is 2.10. The molecule has 0 aliphatic heterocycles. The summed E-state index contributed by atoms with van der Waals surface area (Å²) in [5, 5.41) is 6.62. The summed E-state index contributed by atoms with van der Waals surface area (Å²) in [6.07, 6.45) is 0. The predicted octanol–water partition coefficient (Wildman–Crippen LogP) is 5.18. The fourth-order valence-corrected chi connectivity index (χ4v) is 2.94. The maximum absolute atomic E-state index is 11.7. The summed E-state index contributed by atoms with van der Waals surface area (Å²) in [4.78, 5) is 20.7. The van der Waals surface area contributed by atoms with Crippen LogP contribution in [0, 0.1) is 6.92 Å². The van der Waals surface area contributed by atoms with Crippen LogP contribution in [0.25, 0.3) is 0 Å². The van der Waals surface area contributed by atoms with Crippen LogP contribution in [0.15, 0.2) is 54.6 Å². The number of rotatable bonds is 6. The second-order valence-electron chi connectivity index (χ2n) is 6.75. The highest BCUT2D eigenvalue weighted by atomic mass is 16.5. The van der Waals surface area contributed by atoms with Crippen LogP contribution in [-0.4, -0.2) is 23.0 Å². The van der Waals surface area contributed by atoms with Gasteiger partial charge in [0.2, 0.25) is 0 Å². The van der Waals surface area contributed by atoms with Gasteiger partial charge in [0.1, 0.15) is 17.5 Å². The molecule has 1 aromatic heterocycles. The summed E-state index contributed by atoms with van der Waals surface area (Å²) >= 11 is 0.